The van der Waals surface area contributed by atoms with E-state index in [0.29, 0.717) is 12.5 Å². The van der Waals surface area contributed by atoms with Gasteiger partial charge < -0.3 is 19.7 Å². The van der Waals surface area contributed by atoms with E-state index < -0.39 is 0 Å². The molecule has 0 bridgehead atoms. The highest BCUT2D eigenvalue weighted by Crippen LogP contribution is 2.27. The molecule has 0 spiro atoms. The molecule has 0 unspecified atom stereocenters. The summed E-state index contributed by atoms with van der Waals surface area (Å²) in [6.07, 6.45) is 7.97. The summed E-state index contributed by atoms with van der Waals surface area (Å²) in [6.45, 7) is 4.58. The molecule has 1 N–H and O–H groups in total. The highest BCUT2D eigenvalue weighted by molar-refractivity contribution is 5.73. The predicted molar refractivity (Wildman–Crippen MR) is 112 cm³/mol. The van der Waals surface area contributed by atoms with Crippen molar-refractivity contribution in [2.45, 2.75) is 31.6 Å². The Balaban J connectivity index is 1.28. The molecule has 3 rings (SSSR count). The molecule has 2 heterocycles. The molecule has 0 radical (unpaired) electrons. The summed E-state index contributed by atoms with van der Waals surface area (Å²) in [5, 5.41) is 3.05. The minimum atomic E-state index is 0.0130. The number of hydrogen-bond acceptors (Lipinski definition) is 3. The van der Waals surface area contributed by atoms with Crippen LogP contribution in [0.4, 0.5) is 4.79 Å². The fourth-order valence-electron chi connectivity index (χ4n) is 3.88. The summed E-state index contributed by atoms with van der Waals surface area (Å²) >= 11 is 0. The molecule has 28 heavy (non-hydrogen) atoms. The maximum Gasteiger partial charge on any atom is 0.317 e. The van der Waals surface area contributed by atoms with Crippen LogP contribution in [0.3, 0.4) is 0 Å². The smallest absolute Gasteiger partial charge is 0.317 e. The van der Waals surface area contributed by atoms with E-state index in [9.17, 15) is 4.79 Å². The van der Waals surface area contributed by atoms with Crippen LogP contribution in [0.2, 0.25) is 0 Å². The summed E-state index contributed by atoms with van der Waals surface area (Å²) < 4.78 is 2.03. The number of aromatic nitrogens is 2. The lowest BCUT2D eigenvalue weighted by atomic mass is 9.89. The van der Waals surface area contributed by atoms with E-state index in [1.807, 2.05) is 31.1 Å². The van der Waals surface area contributed by atoms with Gasteiger partial charge in [-0.1, -0.05) is 30.3 Å². The van der Waals surface area contributed by atoms with Crippen LogP contribution in [-0.2, 0) is 13.5 Å². The first-order chi connectivity index (χ1) is 13.6. The highest BCUT2D eigenvalue weighted by Gasteiger charge is 2.20. The van der Waals surface area contributed by atoms with Crippen LogP contribution in [0.1, 0.15) is 36.6 Å². The monoisotopic (exact) mass is 383 g/mol. The van der Waals surface area contributed by atoms with Gasteiger partial charge in [-0.3, -0.25) is 0 Å². The molecule has 1 aliphatic rings. The SMILES string of the molecule is CN(CCCc1nccn1C)C(=O)NCCN1CCC(c2ccccc2)CC1. The number of piperidine rings is 1. The summed E-state index contributed by atoms with van der Waals surface area (Å²) in [5.41, 5.74) is 1.46. The van der Waals surface area contributed by atoms with Crippen molar-refractivity contribution in [1.29, 1.82) is 0 Å². The zero-order valence-corrected chi connectivity index (χ0v) is 17.2. The summed E-state index contributed by atoms with van der Waals surface area (Å²) in [4.78, 5) is 20.8. The quantitative estimate of drug-likeness (QED) is 0.763. The van der Waals surface area contributed by atoms with Gasteiger partial charge in [-0.2, -0.15) is 0 Å². The van der Waals surface area contributed by atoms with E-state index in [-0.39, 0.29) is 6.03 Å². The molecule has 152 valence electrons. The molecule has 0 atom stereocenters. The maximum atomic E-state index is 12.3. The van der Waals surface area contributed by atoms with E-state index in [4.69, 9.17) is 0 Å². The standard InChI is InChI=1S/C22H33N5O/c1-25-17-12-23-21(25)9-6-14-26(2)22(28)24-13-18-27-15-10-20(11-16-27)19-7-4-3-5-8-19/h3-5,7-8,12,17,20H,6,9-11,13-16,18H2,1-2H3,(H,24,28). The number of carbonyl (C=O) groups is 1. The van der Waals surface area contributed by atoms with Crippen LogP contribution in [0.25, 0.3) is 0 Å². The van der Waals surface area contributed by atoms with E-state index in [2.05, 4.69) is 45.5 Å². The van der Waals surface area contributed by atoms with Crippen molar-refractivity contribution in [1.82, 2.24) is 24.7 Å². The Morgan fingerprint density at radius 3 is 2.68 bits per heavy atom. The van der Waals surface area contributed by atoms with Crippen LogP contribution in [0, 0.1) is 0 Å². The summed E-state index contributed by atoms with van der Waals surface area (Å²) in [7, 11) is 3.86. The van der Waals surface area contributed by atoms with Crippen molar-refractivity contribution in [3.8, 4) is 0 Å². The second-order valence-corrected chi connectivity index (χ2v) is 7.74. The van der Waals surface area contributed by atoms with Crippen molar-refractivity contribution in [2.75, 3.05) is 39.8 Å². The van der Waals surface area contributed by atoms with Gasteiger partial charge in [-0.05, 0) is 43.8 Å². The van der Waals surface area contributed by atoms with E-state index >= 15 is 0 Å². The molecule has 1 aliphatic heterocycles. The Morgan fingerprint density at radius 1 is 1.25 bits per heavy atom. The van der Waals surface area contributed by atoms with Crippen LogP contribution in [0.5, 0.6) is 0 Å². The second-order valence-electron chi connectivity index (χ2n) is 7.74. The minimum Gasteiger partial charge on any atom is -0.338 e. The lowest BCUT2D eigenvalue weighted by molar-refractivity contribution is 0.195. The van der Waals surface area contributed by atoms with Gasteiger partial charge >= 0.3 is 6.03 Å². The topological polar surface area (TPSA) is 53.4 Å². The van der Waals surface area contributed by atoms with Gasteiger partial charge in [0.2, 0.25) is 0 Å². The second kappa shape index (κ2) is 10.3. The highest BCUT2D eigenvalue weighted by atomic mass is 16.2. The number of urea groups is 1. The molecule has 2 aromatic rings. The third-order valence-electron chi connectivity index (χ3n) is 5.72. The minimum absolute atomic E-state index is 0.0130. The number of carbonyl (C=O) groups excluding carboxylic acids is 1. The fourth-order valence-corrected chi connectivity index (χ4v) is 3.88. The Morgan fingerprint density at radius 2 is 2.00 bits per heavy atom. The number of hydrogen-bond donors (Lipinski definition) is 1. The van der Waals surface area contributed by atoms with Crippen molar-refractivity contribution < 1.29 is 4.79 Å². The zero-order chi connectivity index (χ0) is 19.8. The molecule has 1 aromatic heterocycles. The van der Waals surface area contributed by atoms with Gasteiger partial charge in [0.15, 0.2) is 0 Å². The fraction of sp³-hybridized carbons (Fsp3) is 0.545. The average Bonchev–Trinajstić information content (AvgIpc) is 3.14. The van der Waals surface area contributed by atoms with E-state index in [0.717, 1.165) is 44.8 Å². The Bertz CT molecular complexity index is 722. The molecule has 0 aliphatic carbocycles. The van der Waals surface area contributed by atoms with Crippen molar-refractivity contribution in [2.24, 2.45) is 7.05 Å². The molecule has 2 amide bonds. The predicted octanol–water partition coefficient (Wildman–Crippen LogP) is 2.87. The van der Waals surface area contributed by atoms with Gasteiger partial charge in [0, 0.05) is 52.5 Å². The number of benzene rings is 1. The van der Waals surface area contributed by atoms with Gasteiger partial charge in [0.05, 0.1) is 0 Å². The lowest BCUT2D eigenvalue weighted by Crippen LogP contribution is -2.43. The van der Waals surface area contributed by atoms with Crippen molar-refractivity contribution >= 4 is 6.03 Å². The van der Waals surface area contributed by atoms with Crippen molar-refractivity contribution in [3.63, 3.8) is 0 Å². The molecular weight excluding hydrogens is 350 g/mol. The molecule has 1 saturated heterocycles. The van der Waals surface area contributed by atoms with Gasteiger partial charge in [0.1, 0.15) is 5.82 Å². The van der Waals surface area contributed by atoms with E-state index in [1.165, 1.54) is 18.4 Å². The molecule has 0 saturated carbocycles. The number of nitrogens with zero attached hydrogens (tertiary/aromatic N) is 4. The summed E-state index contributed by atoms with van der Waals surface area (Å²) in [6, 6.07) is 10.8. The zero-order valence-electron chi connectivity index (χ0n) is 17.2. The Labute approximate surface area is 168 Å². The number of imidazole rings is 1. The number of rotatable bonds is 8. The largest absolute Gasteiger partial charge is 0.338 e. The number of nitrogens with one attached hydrogen (secondary N) is 1. The maximum absolute atomic E-state index is 12.3. The summed E-state index contributed by atoms with van der Waals surface area (Å²) in [5.74, 6) is 1.74. The molecule has 1 fully saturated rings. The van der Waals surface area contributed by atoms with Gasteiger partial charge in [0.25, 0.3) is 0 Å². The van der Waals surface area contributed by atoms with Crippen molar-refractivity contribution in [3.05, 3.63) is 54.1 Å². The lowest BCUT2D eigenvalue weighted by Gasteiger charge is -2.32. The number of amides is 2. The normalized spacial score (nSPS) is 15.5. The first kappa shape index (κ1) is 20.4. The van der Waals surface area contributed by atoms with Crippen LogP contribution >= 0.6 is 0 Å². The van der Waals surface area contributed by atoms with Crippen LogP contribution < -0.4 is 5.32 Å². The molecule has 6 heteroatoms. The van der Waals surface area contributed by atoms with Crippen LogP contribution in [-0.4, -0.2) is 65.2 Å². The Kier molecular flexibility index (Phi) is 7.48. The number of aryl methyl sites for hydroxylation is 2. The third kappa shape index (κ3) is 5.83. The molecule has 6 nitrogen and oxygen atoms in total. The number of likely N-dealkylation sites (tertiary alicyclic amines) is 1. The first-order valence-electron chi connectivity index (χ1n) is 10.4. The average molecular weight is 384 g/mol. The van der Waals surface area contributed by atoms with Gasteiger partial charge in [-0.15, -0.1) is 0 Å². The first-order valence-corrected chi connectivity index (χ1v) is 10.4. The Hall–Kier alpha value is -2.34. The van der Waals surface area contributed by atoms with Gasteiger partial charge in [-0.25, -0.2) is 9.78 Å². The third-order valence-corrected chi connectivity index (χ3v) is 5.72. The van der Waals surface area contributed by atoms with Crippen LogP contribution in [0.15, 0.2) is 42.7 Å². The van der Waals surface area contributed by atoms with E-state index in [1.54, 1.807) is 4.90 Å². The molecular formula is C22H33N5O. The molecule has 1 aromatic carbocycles.